The maximum absolute atomic E-state index is 6.19. The van der Waals surface area contributed by atoms with E-state index >= 15 is 0 Å². The van der Waals surface area contributed by atoms with E-state index in [1.54, 1.807) is 0 Å². The summed E-state index contributed by atoms with van der Waals surface area (Å²) in [6.07, 6.45) is 3.45. The Kier molecular flexibility index (Phi) is 3.67. The minimum atomic E-state index is 0.149. The van der Waals surface area contributed by atoms with Gasteiger partial charge < -0.3 is 10.5 Å². The van der Waals surface area contributed by atoms with Gasteiger partial charge in [-0.15, -0.1) is 0 Å². The molecular weight excluding hydrogens is 222 g/mol. The number of ether oxygens (including phenoxy) is 1. The third-order valence-corrected chi connectivity index (χ3v) is 4.15. The van der Waals surface area contributed by atoms with Gasteiger partial charge in [-0.2, -0.15) is 0 Å². The molecule has 100 valence electrons. The van der Waals surface area contributed by atoms with Gasteiger partial charge >= 0.3 is 0 Å². The maximum atomic E-state index is 6.19. The third kappa shape index (κ3) is 3.05. The number of aryl methyl sites for hydroxylation is 2. The molecule has 0 aliphatic heterocycles. The Hall–Kier alpha value is -1.02. The predicted molar refractivity (Wildman–Crippen MR) is 75.9 cm³/mol. The van der Waals surface area contributed by atoms with Crippen LogP contribution in [0.25, 0.3) is 0 Å². The van der Waals surface area contributed by atoms with E-state index in [0.717, 1.165) is 18.6 Å². The van der Waals surface area contributed by atoms with Gasteiger partial charge in [0.1, 0.15) is 11.9 Å². The molecule has 2 atom stereocenters. The highest BCUT2D eigenvalue weighted by Crippen LogP contribution is 2.36. The van der Waals surface area contributed by atoms with Crippen molar-refractivity contribution in [2.24, 2.45) is 11.1 Å². The van der Waals surface area contributed by atoms with Gasteiger partial charge in [-0.05, 0) is 61.8 Å². The molecule has 1 saturated carbocycles. The van der Waals surface area contributed by atoms with Crippen molar-refractivity contribution in [1.82, 2.24) is 0 Å². The smallest absolute Gasteiger partial charge is 0.120 e. The summed E-state index contributed by atoms with van der Waals surface area (Å²) in [4.78, 5) is 0. The summed E-state index contributed by atoms with van der Waals surface area (Å²) >= 11 is 0. The highest BCUT2D eigenvalue weighted by atomic mass is 16.5. The van der Waals surface area contributed by atoms with E-state index in [0.29, 0.717) is 5.41 Å². The molecule has 1 aliphatic rings. The number of benzene rings is 1. The van der Waals surface area contributed by atoms with Gasteiger partial charge in [0.05, 0.1) is 0 Å². The molecule has 1 aliphatic carbocycles. The molecule has 18 heavy (non-hydrogen) atoms. The average molecular weight is 247 g/mol. The van der Waals surface area contributed by atoms with Crippen molar-refractivity contribution in [3.05, 3.63) is 29.3 Å². The van der Waals surface area contributed by atoms with Crippen molar-refractivity contribution in [1.29, 1.82) is 0 Å². The Morgan fingerprint density at radius 1 is 1.22 bits per heavy atom. The Morgan fingerprint density at radius 3 is 2.61 bits per heavy atom. The number of hydrogen-bond donors (Lipinski definition) is 1. The Bertz CT molecular complexity index is 425. The molecule has 2 nitrogen and oxygen atoms in total. The molecule has 0 aromatic heterocycles. The molecule has 0 amide bonds. The lowest BCUT2D eigenvalue weighted by atomic mass is 9.74. The standard InChI is InChI=1S/C16H25NO/c1-11-5-6-13(9-12(11)2)18-15-10-16(3,4)8-7-14(15)17/h5-6,9,14-15H,7-8,10,17H2,1-4H3. The predicted octanol–water partition coefficient (Wildman–Crippen LogP) is 3.59. The molecule has 1 aromatic carbocycles. The highest BCUT2D eigenvalue weighted by molar-refractivity contribution is 5.34. The van der Waals surface area contributed by atoms with Crippen LogP contribution in [0.2, 0.25) is 0 Å². The summed E-state index contributed by atoms with van der Waals surface area (Å²) in [6.45, 7) is 8.84. The monoisotopic (exact) mass is 247 g/mol. The zero-order chi connectivity index (χ0) is 13.3. The number of nitrogens with two attached hydrogens (primary N) is 1. The van der Waals surface area contributed by atoms with E-state index < -0.39 is 0 Å². The minimum Gasteiger partial charge on any atom is -0.489 e. The minimum absolute atomic E-state index is 0.149. The van der Waals surface area contributed by atoms with Crippen LogP contribution in [0.4, 0.5) is 0 Å². The van der Waals surface area contributed by atoms with E-state index in [2.05, 4.69) is 45.9 Å². The van der Waals surface area contributed by atoms with Crippen molar-refractivity contribution in [3.63, 3.8) is 0 Å². The van der Waals surface area contributed by atoms with Crippen LogP contribution in [0, 0.1) is 19.3 Å². The highest BCUT2D eigenvalue weighted by Gasteiger charge is 2.34. The molecule has 0 spiro atoms. The quantitative estimate of drug-likeness (QED) is 0.867. The van der Waals surface area contributed by atoms with Gasteiger partial charge in [-0.3, -0.25) is 0 Å². The van der Waals surface area contributed by atoms with Crippen molar-refractivity contribution in [3.8, 4) is 5.75 Å². The van der Waals surface area contributed by atoms with E-state index in [1.165, 1.54) is 17.5 Å². The Morgan fingerprint density at radius 2 is 1.94 bits per heavy atom. The normalized spacial score (nSPS) is 26.9. The van der Waals surface area contributed by atoms with E-state index in [9.17, 15) is 0 Å². The van der Waals surface area contributed by atoms with Gasteiger partial charge in [0, 0.05) is 6.04 Å². The van der Waals surface area contributed by atoms with Gasteiger partial charge in [0.15, 0.2) is 0 Å². The number of rotatable bonds is 2. The average Bonchev–Trinajstić information content (AvgIpc) is 2.28. The Balaban J connectivity index is 2.09. The van der Waals surface area contributed by atoms with Crippen LogP contribution >= 0.6 is 0 Å². The van der Waals surface area contributed by atoms with E-state index in [1.807, 2.05) is 0 Å². The van der Waals surface area contributed by atoms with E-state index in [4.69, 9.17) is 10.5 Å². The van der Waals surface area contributed by atoms with Gasteiger partial charge in [0.25, 0.3) is 0 Å². The number of hydrogen-bond acceptors (Lipinski definition) is 2. The molecule has 0 saturated heterocycles. The second-order valence-electron chi connectivity index (χ2n) is 6.47. The Labute approximate surface area is 111 Å². The van der Waals surface area contributed by atoms with Crippen molar-refractivity contribution in [2.45, 2.75) is 59.1 Å². The summed E-state index contributed by atoms with van der Waals surface area (Å²) in [5.74, 6) is 0.955. The van der Waals surface area contributed by atoms with Crippen LogP contribution in [-0.2, 0) is 0 Å². The second kappa shape index (κ2) is 4.93. The first-order valence-electron chi connectivity index (χ1n) is 6.87. The lowest BCUT2D eigenvalue weighted by Crippen LogP contribution is -2.46. The first-order chi connectivity index (χ1) is 8.37. The third-order valence-electron chi connectivity index (χ3n) is 4.15. The molecule has 0 bridgehead atoms. The molecule has 2 N–H and O–H groups in total. The molecule has 0 radical (unpaired) electrons. The van der Waals surface area contributed by atoms with Crippen molar-refractivity contribution >= 4 is 0 Å². The van der Waals surface area contributed by atoms with Crippen LogP contribution in [0.1, 0.15) is 44.2 Å². The van der Waals surface area contributed by atoms with Crippen molar-refractivity contribution in [2.75, 3.05) is 0 Å². The van der Waals surface area contributed by atoms with Gasteiger partial charge in [0.2, 0.25) is 0 Å². The van der Waals surface area contributed by atoms with Gasteiger partial charge in [-0.25, -0.2) is 0 Å². The second-order valence-corrected chi connectivity index (χ2v) is 6.47. The van der Waals surface area contributed by atoms with Crippen LogP contribution in [-0.4, -0.2) is 12.1 Å². The fourth-order valence-corrected chi connectivity index (χ4v) is 2.63. The maximum Gasteiger partial charge on any atom is 0.120 e. The molecule has 2 unspecified atom stereocenters. The van der Waals surface area contributed by atoms with E-state index in [-0.39, 0.29) is 12.1 Å². The lowest BCUT2D eigenvalue weighted by Gasteiger charge is -2.39. The molecule has 2 rings (SSSR count). The topological polar surface area (TPSA) is 35.2 Å². The van der Waals surface area contributed by atoms with Crippen LogP contribution < -0.4 is 10.5 Å². The fraction of sp³-hybridized carbons (Fsp3) is 0.625. The van der Waals surface area contributed by atoms with Crippen LogP contribution in [0.3, 0.4) is 0 Å². The fourth-order valence-electron chi connectivity index (χ4n) is 2.63. The molecule has 0 heterocycles. The molecule has 1 fully saturated rings. The summed E-state index contributed by atoms with van der Waals surface area (Å²) in [5, 5.41) is 0. The SMILES string of the molecule is Cc1ccc(OC2CC(C)(C)CCC2N)cc1C. The molecular formula is C16H25NO. The largest absolute Gasteiger partial charge is 0.489 e. The van der Waals surface area contributed by atoms with Gasteiger partial charge in [-0.1, -0.05) is 19.9 Å². The van der Waals surface area contributed by atoms with Crippen LogP contribution in [0.15, 0.2) is 18.2 Å². The summed E-state index contributed by atoms with van der Waals surface area (Å²) < 4.78 is 6.11. The lowest BCUT2D eigenvalue weighted by molar-refractivity contribution is 0.0669. The first-order valence-corrected chi connectivity index (χ1v) is 6.87. The zero-order valence-corrected chi connectivity index (χ0v) is 12.0. The zero-order valence-electron chi connectivity index (χ0n) is 12.0. The van der Waals surface area contributed by atoms with Crippen LogP contribution in [0.5, 0.6) is 5.75 Å². The molecule has 1 aromatic rings. The summed E-state index contributed by atoms with van der Waals surface area (Å²) in [6, 6.07) is 6.45. The summed E-state index contributed by atoms with van der Waals surface area (Å²) in [7, 11) is 0. The molecule has 2 heteroatoms. The first kappa shape index (κ1) is 13.4. The van der Waals surface area contributed by atoms with Crippen molar-refractivity contribution < 1.29 is 4.74 Å². The summed E-state index contributed by atoms with van der Waals surface area (Å²) in [5.41, 5.74) is 9.11.